The predicted molar refractivity (Wildman–Crippen MR) is 67.9 cm³/mol. The molecule has 1 aromatic carbocycles. The number of benzene rings is 1. The molecule has 0 fully saturated rings. The maximum Gasteiger partial charge on any atom is 0.248 e. The number of carbonyl (C=O) groups is 1. The van der Waals surface area contributed by atoms with Gasteiger partial charge in [0.2, 0.25) is 15.9 Å². The first-order valence-corrected chi connectivity index (χ1v) is 6.99. The molecule has 0 radical (unpaired) electrons. The summed E-state index contributed by atoms with van der Waals surface area (Å²) in [6, 6.07) is 5.14. The van der Waals surface area contributed by atoms with E-state index in [1.807, 2.05) is 0 Å². The molecule has 106 valence electrons. The van der Waals surface area contributed by atoms with E-state index in [9.17, 15) is 13.2 Å². The van der Waals surface area contributed by atoms with Crippen molar-refractivity contribution < 1.29 is 23.4 Å². The molecule has 0 aliphatic rings. The van der Waals surface area contributed by atoms with Crippen molar-refractivity contribution in [2.45, 2.75) is 4.90 Å². The summed E-state index contributed by atoms with van der Waals surface area (Å²) in [5.74, 6) is -0.647. The van der Waals surface area contributed by atoms with Crippen molar-refractivity contribution in [2.24, 2.45) is 5.73 Å². The van der Waals surface area contributed by atoms with Crippen LogP contribution in [0.4, 0.5) is 0 Å². The highest BCUT2D eigenvalue weighted by molar-refractivity contribution is 7.89. The molecular formula is C11H16N2O5S. The van der Waals surface area contributed by atoms with Gasteiger partial charge in [0, 0.05) is 18.7 Å². The van der Waals surface area contributed by atoms with E-state index in [0.29, 0.717) is 0 Å². The third-order valence-corrected chi connectivity index (χ3v) is 4.39. The molecule has 0 saturated heterocycles. The van der Waals surface area contributed by atoms with Crippen LogP contribution in [0.1, 0.15) is 10.4 Å². The van der Waals surface area contributed by atoms with Gasteiger partial charge in [-0.25, -0.2) is 8.42 Å². The number of nitrogens with zero attached hydrogens (tertiary/aromatic N) is 1. The molecular weight excluding hydrogens is 272 g/mol. The minimum atomic E-state index is -3.81. The molecule has 0 spiro atoms. The summed E-state index contributed by atoms with van der Waals surface area (Å²) in [6.07, 6.45) is 0. The third kappa shape index (κ3) is 3.74. The molecule has 4 N–H and O–H groups in total. The quantitative estimate of drug-likeness (QED) is 0.579. The van der Waals surface area contributed by atoms with E-state index in [-0.39, 0.29) is 36.8 Å². The highest BCUT2D eigenvalue weighted by Gasteiger charge is 2.23. The van der Waals surface area contributed by atoms with Crippen molar-refractivity contribution in [1.29, 1.82) is 0 Å². The van der Waals surface area contributed by atoms with Gasteiger partial charge < -0.3 is 15.9 Å². The predicted octanol–water partition coefficient (Wildman–Crippen LogP) is -1.24. The van der Waals surface area contributed by atoms with Crippen molar-refractivity contribution in [3.05, 3.63) is 29.8 Å². The van der Waals surface area contributed by atoms with Crippen LogP contribution < -0.4 is 5.73 Å². The number of rotatable bonds is 7. The molecule has 1 amide bonds. The number of nitrogens with two attached hydrogens (primary N) is 1. The number of aliphatic hydroxyl groups is 2. The second-order valence-corrected chi connectivity index (χ2v) is 5.68. The van der Waals surface area contributed by atoms with Crippen LogP contribution in [0.25, 0.3) is 0 Å². The van der Waals surface area contributed by atoms with Crippen molar-refractivity contribution in [3.63, 3.8) is 0 Å². The zero-order chi connectivity index (χ0) is 14.5. The Bertz CT molecular complexity index is 521. The lowest BCUT2D eigenvalue weighted by molar-refractivity contribution is 0.1000. The van der Waals surface area contributed by atoms with Gasteiger partial charge in [0.05, 0.1) is 18.1 Å². The minimum Gasteiger partial charge on any atom is -0.395 e. The monoisotopic (exact) mass is 288 g/mol. The van der Waals surface area contributed by atoms with Gasteiger partial charge in [-0.05, 0) is 24.3 Å². The van der Waals surface area contributed by atoms with Gasteiger partial charge in [-0.2, -0.15) is 4.31 Å². The summed E-state index contributed by atoms with van der Waals surface area (Å²) < 4.78 is 25.3. The van der Waals surface area contributed by atoms with Gasteiger partial charge in [0.25, 0.3) is 0 Å². The molecule has 0 aliphatic carbocycles. The number of carbonyl (C=O) groups excluding carboxylic acids is 1. The lowest BCUT2D eigenvalue weighted by Crippen LogP contribution is -2.35. The summed E-state index contributed by atoms with van der Waals surface area (Å²) in [5, 5.41) is 17.7. The Morgan fingerprint density at radius 2 is 1.58 bits per heavy atom. The van der Waals surface area contributed by atoms with Crippen LogP contribution in [0, 0.1) is 0 Å². The van der Waals surface area contributed by atoms with Gasteiger partial charge in [0.15, 0.2) is 0 Å². The number of amides is 1. The summed E-state index contributed by atoms with van der Waals surface area (Å²) in [6.45, 7) is -0.919. The fourth-order valence-electron chi connectivity index (χ4n) is 1.52. The summed E-state index contributed by atoms with van der Waals surface area (Å²) in [5.41, 5.74) is 5.27. The molecule has 0 bridgehead atoms. The second-order valence-electron chi connectivity index (χ2n) is 3.74. The Kier molecular flexibility index (Phi) is 5.43. The molecule has 7 nitrogen and oxygen atoms in total. The molecule has 0 heterocycles. The lowest BCUT2D eigenvalue weighted by Gasteiger charge is -2.20. The molecule has 0 saturated carbocycles. The smallest absolute Gasteiger partial charge is 0.248 e. The molecule has 1 aromatic rings. The number of hydrogen-bond donors (Lipinski definition) is 3. The second kappa shape index (κ2) is 6.62. The van der Waals surface area contributed by atoms with Crippen LogP contribution in [-0.4, -0.2) is 55.1 Å². The van der Waals surface area contributed by atoms with E-state index in [1.54, 1.807) is 0 Å². The van der Waals surface area contributed by atoms with Crippen LogP contribution in [0.15, 0.2) is 29.2 Å². The molecule has 0 aromatic heterocycles. The minimum absolute atomic E-state index is 0.0283. The van der Waals surface area contributed by atoms with E-state index >= 15 is 0 Å². The van der Waals surface area contributed by atoms with Gasteiger partial charge in [-0.15, -0.1) is 0 Å². The topological polar surface area (TPSA) is 121 Å². The van der Waals surface area contributed by atoms with E-state index in [1.165, 1.54) is 24.3 Å². The molecule has 0 unspecified atom stereocenters. The molecule has 0 aliphatic heterocycles. The zero-order valence-electron chi connectivity index (χ0n) is 10.2. The fraction of sp³-hybridized carbons (Fsp3) is 0.364. The van der Waals surface area contributed by atoms with Gasteiger partial charge >= 0.3 is 0 Å². The maximum atomic E-state index is 12.2. The van der Waals surface area contributed by atoms with Crippen LogP contribution in [0.2, 0.25) is 0 Å². The Labute approximate surface area is 111 Å². The summed E-state index contributed by atoms with van der Waals surface area (Å²) >= 11 is 0. The van der Waals surface area contributed by atoms with Gasteiger partial charge in [0.1, 0.15) is 0 Å². The van der Waals surface area contributed by atoms with Gasteiger partial charge in [-0.1, -0.05) is 0 Å². The van der Waals surface area contributed by atoms with Gasteiger partial charge in [-0.3, -0.25) is 4.79 Å². The standard InChI is InChI=1S/C11H16N2O5S/c12-11(16)9-1-3-10(4-2-9)19(17,18)13(5-7-14)6-8-15/h1-4,14-15H,5-8H2,(H2,12,16). The van der Waals surface area contributed by atoms with Crippen LogP contribution in [0.5, 0.6) is 0 Å². The van der Waals surface area contributed by atoms with Crippen LogP contribution in [0.3, 0.4) is 0 Å². The average molecular weight is 288 g/mol. The SMILES string of the molecule is NC(=O)c1ccc(S(=O)(=O)N(CCO)CCO)cc1. The van der Waals surface area contributed by atoms with E-state index in [0.717, 1.165) is 4.31 Å². The highest BCUT2D eigenvalue weighted by Crippen LogP contribution is 2.16. The number of primary amides is 1. The third-order valence-electron chi connectivity index (χ3n) is 2.48. The van der Waals surface area contributed by atoms with Crippen molar-refractivity contribution >= 4 is 15.9 Å². The summed E-state index contributed by atoms with van der Waals surface area (Å²) in [4.78, 5) is 10.9. The maximum absolute atomic E-state index is 12.2. The lowest BCUT2D eigenvalue weighted by atomic mass is 10.2. The average Bonchev–Trinajstić information content (AvgIpc) is 2.38. The first-order valence-electron chi connectivity index (χ1n) is 5.55. The zero-order valence-corrected chi connectivity index (χ0v) is 11.0. The Morgan fingerprint density at radius 3 is 1.95 bits per heavy atom. The van der Waals surface area contributed by atoms with Crippen LogP contribution >= 0.6 is 0 Å². The Morgan fingerprint density at radius 1 is 1.11 bits per heavy atom. The molecule has 0 atom stereocenters. The van der Waals surface area contributed by atoms with E-state index in [4.69, 9.17) is 15.9 Å². The largest absolute Gasteiger partial charge is 0.395 e. The van der Waals surface area contributed by atoms with Crippen molar-refractivity contribution in [1.82, 2.24) is 4.31 Å². The number of aliphatic hydroxyl groups excluding tert-OH is 2. The summed E-state index contributed by atoms with van der Waals surface area (Å²) in [7, 11) is -3.81. The van der Waals surface area contributed by atoms with E-state index < -0.39 is 15.9 Å². The van der Waals surface area contributed by atoms with E-state index in [2.05, 4.69) is 0 Å². The normalized spacial score (nSPS) is 11.7. The molecule has 8 heteroatoms. The first kappa shape index (κ1) is 15.6. The number of sulfonamides is 1. The Hall–Kier alpha value is -1.48. The first-order chi connectivity index (χ1) is 8.93. The molecule has 19 heavy (non-hydrogen) atoms. The fourth-order valence-corrected chi connectivity index (χ4v) is 2.94. The Balaban J connectivity index is 3.07. The number of hydrogen-bond acceptors (Lipinski definition) is 5. The molecule has 1 rings (SSSR count). The van der Waals surface area contributed by atoms with Crippen LogP contribution in [-0.2, 0) is 10.0 Å². The van der Waals surface area contributed by atoms with Crippen molar-refractivity contribution in [2.75, 3.05) is 26.3 Å². The highest BCUT2D eigenvalue weighted by atomic mass is 32.2. The van der Waals surface area contributed by atoms with Crippen molar-refractivity contribution in [3.8, 4) is 0 Å².